The Kier molecular flexibility index (Phi) is 5.36. The van der Waals surface area contributed by atoms with Crippen molar-refractivity contribution in [3.05, 3.63) is 0 Å². The molecule has 1 unspecified atom stereocenters. The van der Waals surface area contributed by atoms with Gasteiger partial charge < -0.3 is 9.26 Å². The largest absolute Gasteiger partial charge is 0.379 e. The number of hydrogen-bond acceptors (Lipinski definition) is 3. The van der Waals surface area contributed by atoms with Crippen molar-refractivity contribution < 1.29 is 13.8 Å². The third kappa shape index (κ3) is 4.24. The molecule has 1 aliphatic rings. The SMILES string of the molecule is CC(C)(C)COP(=O)(N1CCOCC1)S(C)(C)C. The molecule has 0 N–H and O–H groups in total. The third-order valence-electron chi connectivity index (χ3n) is 2.69. The number of hydrogen-bond donors (Lipinski definition) is 0. The highest BCUT2D eigenvalue weighted by Gasteiger charge is 2.42. The van der Waals surface area contributed by atoms with Crippen LogP contribution >= 0.6 is 16.4 Å². The molecule has 0 saturated carbocycles. The van der Waals surface area contributed by atoms with Crippen molar-refractivity contribution in [1.29, 1.82) is 0 Å². The molecule has 110 valence electrons. The zero-order chi connectivity index (χ0) is 14.0. The highest BCUT2D eigenvalue weighted by Crippen LogP contribution is 2.78. The molecule has 0 aromatic rings. The average Bonchev–Trinajstić information content (AvgIpc) is 2.24. The Morgan fingerprint density at radius 2 is 1.72 bits per heavy atom. The van der Waals surface area contributed by atoms with Crippen molar-refractivity contribution in [3.8, 4) is 0 Å². The topological polar surface area (TPSA) is 38.8 Å². The Morgan fingerprint density at radius 3 is 2.11 bits per heavy atom. The fourth-order valence-corrected chi connectivity index (χ4v) is 7.71. The van der Waals surface area contributed by atoms with E-state index in [-0.39, 0.29) is 5.41 Å². The van der Waals surface area contributed by atoms with Crippen LogP contribution in [0.2, 0.25) is 0 Å². The van der Waals surface area contributed by atoms with Gasteiger partial charge in [-0.15, -0.1) is 0 Å². The highest BCUT2D eigenvalue weighted by molar-refractivity contribution is 8.76. The number of rotatable bonds is 4. The molecule has 6 heteroatoms. The molecule has 0 aliphatic carbocycles. The maximum atomic E-state index is 13.3. The van der Waals surface area contributed by atoms with Gasteiger partial charge in [-0.3, -0.25) is 4.57 Å². The predicted octanol–water partition coefficient (Wildman–Crippen LogP) is 3.18. The summed E-state index contributed by atoms with van der Waals surface area (Å²) in [7, 11) is -1.28. The van der Waals surface area contributed by atoms with E-state index < -0.39 is 16.4 Å². The van der Waals surface area contributed by atoms with Gasteiger partial charge in [0.05, 0.1) is 19.8 Å². The molecule has 0 radical (unpaired) electrons. The van der Waals surface area contributed by atoms with Gasteiger partial charge in [-0.05, 0) is 24.2 Å². The minimum atomic E-state index is -2.74. The van der Waals surface area contributed by atoms with Gasteiger partial charge >= 0.3 is 6.72 Å². The molecular weight excluding hydrogens is 269 g/mol. The normalized spacial score (nSPS) is 23.7. The van der Waals surface area contributed by atoms with E-state index in [1.165, 1.54) is 0 Å². The lowest BCUT2D eigenvalue weighted by atomic mass is 9.99. The number of nitrogens with zero attached hydrogens (tertiary/aromatic N) is 1. The van der Waals surface area contributed by atoms with Gasteiger partial charge in [0.25, 0.3) is 0 Å². The van der Waals surface area contributed by atoms with E-state index in [1.807, 2.05) is 4.67 Å². The average molecular weight is 297 g/mol. The third-order valence-corrected chi connectivity index (χ3v) is 10.8. The summed E-state index contributed by atoms with van der Waals surface area (Å²) < 4.78 is 26.7. The fourth-order valence-electron chi connectivity index (χ4n) is 1.66. The Labute approximate surface area is 113 Å². The van der Waals surface area contributed by atoms with Gasteiger partial charge in [0.15, 0.2) is 0 Å². The second kappa shape index (κ2) is 5.84. The molecule has 1 heterocycles. The molecule has 0 spiro atoms. The lowest BCUT2D eigenvalue weighted by Gasteiger charge is -2.44. The van der Waals surface area contributed by atoms with Gasteiger partial charge in [-0.2, -0.15) is 9.65 Å². The van der Waals surface area contributed by atoms with E-state index >= 15 is 0 Å². The van der Waals surface area contributed by atoms with Crippen molar-refractivity contribution in [2.75, 3.05) is 51.7 Å². The summed E-state index contributed by atoms with van der Waals surface area (Å²) in [6.07, 6.45) is 6.23. The van der Waals surface area contributed by atoms with E-state index in [1.54, 1.807) is 0 Å². The number of morpholine rings is 1. The van der Waals surface area contributed by atoms with Crippen LogP contribution in [0.25, 0.3) is 0 Å². The van der Waals surface area contributed by atoms with Crippen molar-refractivity contribution in [2.45, 2.75) is 20.8 Å². The van der Waals surface area contributed by atoms with Gasteiger partial charge in [-0.1, -0.05) is 20.8 Å². The maximum absolute atomic E-state index is 13.3. The van der Waals surface area contributed by atoms with E-state index in [0.717, 1.165) is 0 Å². The molecule has 0 aromatic carbocycles. The van der Waals surface area contributed by atoms with Crippen LogP contribution in [0.5, 0.6) is 0 Å². The van der Waals surface area contributed by atoms with Gasteiger partial charge in [0, 0.05) is 13.1 Å². The second-order valence-corrected chi connectivity index (χ2v) is 16.6. The Balaban J connectivity index is 2.85. The molecule has 0 aromatic heterocycles. The van der Waals surface area contributed by atoms with E-state index in [4.69, 9.17) is 9.26 Å². The lowest BCUT2D eigenvalue weighted by molar-refractivity contribution is 0.0641. The smallest absolute Gasteiger partial charge is 0.311 e. The monoisotopic (exact) mass is 297 g/mol. The fraction of sp³-hybridized carbons (Fsp3) is 1.00. The van der Waals surface area contributed by atoms with Crippen LogP contribution in [0, 0.1) is 5.41 Å². The summed E-state index contributed by atoms with van der Waals surface area (Å²) in [6, 6.07) is 0. The first-order valence-electron chi connectivity index (χ1n) is 6.32. The van der Waals surface area contributed by atoms with Crippen molar-refractivity contribution >= 4 is 16.4 Å². The van der Waals surface area contributed by atoms with Crippen LogP contribution in [0.1, 0.15) is 20.8 Å². The predicted molar refractivity (Wildman–Crippen MR) is 80.8 cm³/mol. The van der Waals surface area contributed by atoms with Crippen LogP contribution in [0.3, 0.4) is 0 Å². The number of ether oxygens (including phenoxy) is 1. The van der Waals surface area contributed by atoms with Crippen molar-refractivity contribution in [2.24, 2.45) is 5.41 Å². The molecule has 4 nitrogen and oxygen atoms in total. The van der Waals surface area contributed by atoms with E-state index in [2.05, 4.69) is 39.5 Å². The summed E-state index contributed by atoms with van der Waals surface area (Å²) in [6.45, 7) is 6.84. The lowest BCUT2D eigenvalue weighted by Crippen LogP contribution is -2.36. The molecule has 1 aliphatic heterocycles. The van der Waals surface area contributed by atoms with E-state index in [0.29, 0.717) is 32.9 Å². The summed E-state index contributed by atoms with van der Waals surface area (Å²) >= 11 is 0. The second-order valence-electron chi connectivity index (χ2n) is 6.64. The molecule has 1 rings (SSSR count). The maximum Gasteiger partial charge on any atom is 0.311 e. The Hall–Kier alpha value is 0.460. The zero-order valence-electron chi connectivity index (χ0n) is 12.6. The molecule has 18 heavy (non-hydrogen) atoms. The Bertz CT molecular complexity index is 316. The van der Waals surface area contributed by atoms with Gasteiger partial charge in [-0.25, -0.2) is 4.67 Å². The van der Waals surface area contributed by atoms with Crippen LogP contribution in [-0.4, -0.2) is 56.3 Å². The molecular formula is C12H28NO3PS. The zero-order valence-corrected chi connectivity index (χ0v) is 14.3. The molecule has 1 atom stereocenters. The van der Waals surface area contributed by atoms with Crippen LogP contribution in [0.15, 0.2) is 0 Å². The standard InChI is InChI=1S/C12H28NO3PS/c1-12(2,3)11-16-17(14,18(4,5)6)13-7-9-15-10-8-13/h7-11H2,1-6H3. The first-order valence-corrected chi connectivity index (χ1v) is 11.4. The summed E-state index contributed by atoms with van der Waals surface area (Å²) in [5, 5.41) is 0. The summed E-state index contributed by atoms with van der Waals surface area (Å²) in [5.74, 6) is 0. The highest BCUT2D eigenvalue weighted by atomic mass is 32.8. The van der Waals surface area contributed by atoms with Gasteiger partial charge in [0.1, 0.15) is 0 Å². The van der Waals surface area contributed by atoms with Crippen LogP contribution < -0.4 is 0 Å². The quantitative estimate of drug-likeness (QED) is 0.747. The molecule has 1 saturated heterocycles. The van der Waals surface area contributed by atoms with E-state index in [9.17, 15) is 4.57 Å². The van der Waals surface area contributed by atoms with Crippen molar-refractivity contribution in [1.82, 2.24) is 4.67 Å². The first kappa shape index (κ1) is 16.5. The van der Waals surface area contributed by atoms with Crippen LogP contribution in [-0.2, 0) is 13.8 Å². The molecule has 0 amide bonds. The Morgan fingerprint density at radius 1 is 1.22 bits per heavy atom. The van der Waals surface area contributed by atoms with Crippen LogP contribution in [0.4, 0.5) is 0 Å². The molecule has 0 bridgehead atoms. The van der Waals surface area contributed by atoms with Gasteiger partial charge in [0.2, 0.25) is 0 Å². The minimum absolute atomic E-state index is 0.0344. The minimum Gasteiger partial charge on any atom is -0.379 e. The summed E-state index contributed by atoms with van der Waals surface area (Å²) in [5.41, 5.74) is 0.0344. The summed E-state index contributed by atoms with van der Waals surface area (Å²) in [4.78, 5) is 0. The molecule has 1 fully saturated rings. The van der Waals surface area contributed by atoms with Crippen molar-refractivity contribution in [3.63, 3.8) is 0 Å². The first-order chi connectivity index (χ1) is 8.06.